The van der Waals surface area contributed by atoms with Crippen molar-refractivity contribution in [3.8, 4) is 6.07 Å². The zero-order chi connectivity index (χ0) is 17.2. The minimum atomic E-state index is -0.732. The number of carbonyl (C=O) groups is 1. The third-order valence-corrected chi connectivity index (χ3v) is 6.08. The van der Waals surface area contributed by atoms with Crippen LogP contribution in [0.4, 0.5) is 0 Å². The molecule has 0 aromatic carbocycles. The van der Waals surface area contributed by atoms with E-state index in [9.17, 15) is 10.1 Å². The van der Waals surface area contributed by atoms with E-state index in [4.69, 9.17) is 0 Å². The van der Waals surface area contributed by atoms with Gasteiger partial charge in [0.2, 0.25) is 5.91 Å². The minimum absolute atomic E-state index is 0.105. The highest BCUT2D eigenvalue weighted by atomic mass is 32.2. The molecule has 1 aromatic heterocycles. The molecule has 1 N–H and O–H groups in total. The Morgan fingerprint density at radius 1 is 1.33 bits per heavy atom. The molecule has 7 heteroatoms. The molecular weight excluding hydrogens is 322 g/mol. The molecule has 1 atom stereocenters. The van der Waals surface area contributed by atoms with Crippen molar-refractivity contribution in [1.29, 1.82) is 5.26 Å². The van der Waals surface area contributed by atoms with Crippen LogP contribution in [0.2, 0.25) is 0 Å². The summed E-state index contributed by atoms with van der Waals surface area (Å²) in [6.07, 6.45) is 8.15. The predicted molar refractivity (Wildman–Crippen MR) is 92.5 cm³/mol. The molecule has 0 aliphatic heterocycles. The Kier molecular flexibility index (Phi) is 5.14. The van der Waals surface area contributed by atoms with Crippen LogP contribution >= 0.6 is 11.8 Å². The minimum Gasteiger partial charge on any atom is -0.337 e. The second-order valence-electron chi connectivity index (χ2n) is 7.12. The summed E-state index contributed by atoms with van der Waals surface area (Å²) in [7, 11) is 0. The van der Waals surface area contributed by atoms with Gasteiger partial charge in [0, 0.05) is 6.04 Å². The zero-order valence-corrected chi connectivity index (χ0v) is 15.2. The molecule has 1 amide bonds. The number of carbonyl (C=O) groups excluding carboxylic acids is 1. The maximum Gasteiger partial charge on any atom is 0.231 e. The molecule has 1 aromatic rings. The van der Waals surface area contributed by atoms with Crippen LogP contribution in [0.3, 0.4) is 0 Å². The van der Waals surface area contributed by atoms with E-state index >= 15 is 0 Å². The number of rotatable bonds is 6. The fraction of sp³-hybridized carbons (Fsp3) is 0.765. The molecular formula is C17H25N5OS. The lowest BCUT2D eigenvalue weighted by Gasteiger charge is -2.25. The molecule has 0 saturated heterocycles. The molecule has 6 nitrogen and oxygen atoms in total. The largest absolute Gasteiger partial charge is 0.337 e. The van der Waals surface area contributed by atoms with E-state index < -0.39 is 5.54 Å². The standard InChI is InChI=1S/C17H25N5OS/c1-12-20-21-16(22(12)14-6-4-3-5-7-14)24-10-15(23)19-17(2,11-18)13-8-9-13/h13-14H,3-10H2,1-2H3,(H,19,23)/t17-/m0/s1. The molecule has 0 radical (unpaired) electrons. The van der Waals surface area contributed by atoms with Crippen LogP contribution < -0.4 is 5.32 Å². The maximum absolute atomic E-state index is 12.3. The fourth-order valence-corrected chi connectivity index (χ4v) is 4.40. The second-order valence-corrected chi connectivity index (χ2v) is 8.06. The molecule has 2 aliphatic rings. The van der Waals surface area contributed by atoms with Crippen molar-refractivity contribution in [2.24, 2.45) is 5.92 Å². The Morgan fingerprint density at radius 3 is 2.67 bits per heavy atom. The lowest BCUT2D eigenvalue weighted by molar-refractivity contribution is -0.119. The first-order chi connectivity index (χ1) is 11.5. The van der Waals surface area contributed by atoms with Gasteiger partial charge in [0.1, 0.15) is 11.4 Å². The first-order valence-electron chi connectivity index (χ1n) is 8.80. The number of aromatic nitrogens is 3. The van der Waals surface area contributed by atoms with E-state index in [2.05, 4.69) is 26.2 Å². The van der Waals surface area contributed by atoms with Gasteiger partial charge in [-0.2, -0.15) is 5.26 Å². The van der Waals surface area contributed by atoms with Gasteiger partial charge in [-0.15, -0.1) is 10.2 Å². The number of nitrogens with zero attached hydrogens (tertiary/aromatic N) is 4. The van der Waals surface area contributed by atoms with E-state index in [1.807, 2.05) is 13.8 Å². The van der Waals surface area contributed by atoms with Gasteiger partial charge in [0.15, 0.2) is 5.16 Å². The van der Waals surface area contributed by atoms with Crippen molar-refractivity contribution < 1.29 is 4.79 Å². The molecule has 1 heterocycles. The molecule has 0 spiro atoms. The Morgan fingerprint density at radius 2 is 2.04 bits per heavy atom. The van der Waals surface area contributed by atoms with Crippen LogP contribution in [0, 0.1) is 24.2 Å². The smallest absolute Gasteiger partial charge is 0.231 e. The van der Waals surface area contributed by atoms with Gasteiger partial charge in [0.25, 0.3) is 0 Å². The van der Waals surface area contributed by atoms with Gasteiger partial charge in [0.05, 0.1) is 11.8 Å². The molecule has 3 rings (SSSR count). The highest BCUT2D eigenvalue weighted by Gasteiger charge is 2.43. The fourth-order valence-electron chi connectivity index (χ4n) is 3.55. The maximum atomic E-state index is 12.3. The Labute approximate surface area is 147 Å². The Hall–Kier alpha value is -1.55. The van der Waals surface area contributed by atoms with E-state index in [-0.39, 0.29) is 11.7 Å². The van der Waals surface area contributed by atoms with Crippen molar-refractivity contribution in [3.63, 3.8) is 0 Å². The van der Waals surface area contributed by atoms with Crippen molar-refractivity contribution in [2.45, 2.75) is 75.5 Å². The molecule has 0 unspecified atom stereocenters. The summed E-state index contributed by atoms with van der Waals surface area (Å²) in [5.74, 6) is 1.38. The summed E-state index contributed by atoms with van der Waals surface area (Å²) < 4.78 is 2.20. The van der Waals surface area contributed by atoms with Gasteiger partial charge >= 0.3 is 0 Å². The first kappa shape index (κ1) is 17.3. The number of aryl methyl sites for hydroxylation is 1. The van der Waals surface area contributed by atoms with Crippen LogP contribution in [0.5, 0.6) is 0 Å². The van der Waals surface area contributed by atoms with Crippen molar-refractivity contribution in [2.75, 3.05) is 5.75 Å². The summed E-state index contributed by atoms with van der Waals surface area (Å²) in [4.78, 5) is 12.3. The monoisotopic (exact) mass is 347 g/mol. The lowest BCUT2D eigenvalue weighted by atomic mass is 9.95. The van der Waals surface area contributed by atoms with Crippen molar-refractivity contribution in [3.05, 3.63) is 5.82 Å². The van der Waals surface area contributed by atoms with E-state index in [1.54, 1.807) is 0 Å². The van der Waals surface area contributed by atoms with Gasteiger partial charge in [-0.1, -0.05) is 31.0 Å². The van der Waals surface area contributed by atoms with Gasteiger partial charge in [-0.25, -0.2) is 0 Å². The lowest BCUT2D eigenvalue weighted by Crippen LogP contribution is -2.47. The number of nitriles is 1. The second kappa shape index (κ2) is 7.14. The van der Waals surface area contributed by atoms with Gasteiger partial charge < -0.3 is 9.88 Å². The van der Waals surface area contributed by atoms with Crippen LogP contribution in [-0.4, -0.2) is 32.0 Å². The highest BCUT2D eigenvalue weighted by Crippen LogP contribution is 2.39. The summed E-state index contributed by atoms with van der Waals surface area (Å²) in [6, 6.07) is 2.72. The van der Waals surface area contributed by atoms with Crippen LogP contribution in [-0.2, 0) is 4.79 Å². The average Bonchev–Trinajstić information content (AvgIpc) is 3.38. The van der Waals surface area contributed by atoms with E-state index in [0.717, 1.165) is 36.7 Å². The molecule has 24 heavy (non-hydrogen) atoms. The molecule has 2 aliphatic carbocycles. The number of nitrogens with one attached hydrogen (secondary N) is 1. The predicted octanol–water partition coefficient (Wildman–Crippen LogP) is 2.99. The topological polar surface area (TPSA) is 83.6 Å². The average molecular weight is 347 g/mol. The van der Waals surface area contributed by atoms with Crippen molar-refractivity contribution in [1.82, 2.24) is 20.1 Å². The number of amides is 1. The molecule has 0 bridgehead atoms. The summed E-state index contributed by atoms with van der Waals surface area (Å²) >= 11 is 1.42. The van der Waals surface area contributed by atoms with E-state index in [1.165, 1.54) is 31.0 Å². The highest BCUT2D eigenvalue weighted by molar-refractivity contribution is 7.99. The Bertz CT molecular complexity index is 642. The normalized spacial score (nSPS) is 21.0. The van der Waals surface area contributed by atoms with Gasteiger partial charge in [-0.3, -0.25) is 4.79 Å². The Balaban J connectivity index is 1.60. The number of hydrogen-bond acceptors (Lipinski definition) is 5. The number of hydrogen-bond donors (Lipinski definition) is 1. The number of thioether (sulfide) groups is 1. The SMILES string of the molecule is Cc1nnc(SCC(=O)N[C@@](C)(C#N)C2CC2)n1C1CCCCC1. The summed E-state index contributed by atoms with van der Waals surface area (Å²) in [5.41, 5.74) is -0.732. The summed E-state index contributed by atoms with van der Waals surface area (Å²) in [6.45, 7) is 3.80. The summed E-state index contributed by atoms with van der Waals surface area (Å²) in [5, 5.41) is 21.5. The van der Waals surface area contributed by atoms with Crippen LogP contribution in [0.25, 0.3) is 0 Å². The van der Waals surface area contributed by atoms with E-state index in [0.29, 0.717) is 12.0 Å². The molecule has 2 saturated carbocycles. The van der Waals surface area contributed by atoms with Crippen LogP contribution in [0.15, 0.2) is 5.16 Å². The van der Waals surface area contributed by atoms with Crippen molar-refractivity contribution >= 4 is 17.7 Å². The molecule has 130 valence electrons. The zero-order valence-electron chi connectivity index (χ0n) is 14.4. The quantitative estimate of drug-likeness (QED) is 0.800. The van der Waals surface area contributed by atoms with Gasteiger partial charge in [-0.05, 0) is 45.4 Å². The third kappa shape index (κ3) is 3.75. The third-order valence-electron chi connectivity index (χ3n) is 5.13. The first-order valence-corrected chi connectivity index (χ1v) is 9.78. The van der Waals surface area contributed by atoms with Crippen LogP contribution in [0.1, 0.15) is 63.7 Å². The molecule has 2 fully saturated rings.